The second-order valence-electron chi connectivity index (χ2n) is 5.65. The Labute approximate surface area is 130 Å². The lowest BCUT2D eigenvalue weighted by atomic mass is 9.87. The van der Waals surface area contributed by atoms with Gasteiger partial charge in [-0.1, -0.05) is 29.8 Å². The molecule has 0 aliphatic rings. The Bertz CT molecular complexity index is 410. The van der Waals surface area contributed by atoms with Gasteiger partial charge in [-0.3, -0.25) is 4.90 Å². The number of nitrogens with one attached hydrogen (secondary N) is 1. The van der Waals surface area contributed by atoms with Gasteiger partial charge in [0.1, 0.15) is 5.82 Å². The van der Waals surface area contributed by atoms with Gasteiger partial charge >= 0.3 is 0 Å². The summed E-state index contributed by atoms with van der Waals surface area (Å²) in [7, 11) is 1.98. The van der Waals surface area contributed by atoms with Crippen LogP contribution in [-0.4, -0.2) is 36.6 Å². The molecule has 0 heterocycles. The smallest absolute Gasteiger partial charge is 0.124 e. The van der Waals surface area contributed by atoms with Crippen molar-refractivity contribution >= 4 is 15.9 Å². The standard InChI is InChI=1S/C16H26BrFN2/c1-6-20(7-2)16(3,4)15(19-5)10-12-8-13(17)11-14(18)9-12/h8-9,11,15,19H,6-7,10H2,1-5H3. The quantitative estimate of drug-likeness (QED) is 0.808. The fourth-order valence-electron chi connectivity index (χ4n) is 2.93. The summed E-state index contributed by atoms with van der Waals surface area (Å²) in [6.07, 6.45) is 0.802. The van der Waals surface area contributed by atoms with E-state index in [4.69, 9.17) is 0 Å². The van der Waals surface area contributed by atoms with Crippen LogP contribution in [0.15, 0.2) is 22.7 Å². The highest BCUT2D eigenvalue weighted by Gasteiger charge is 2.33. The van der Waals surface area contributed by atoms with Gasteiger partial charge < -0.3 is 5.32 Å². The van der Waals surface area contributed by atoms with Crippen LogP contribution in [0.25, 0.3) is 0 Å². The van der Waals surface area contributed by atoms with Crippen molar-refractivity contribution in [2.75, 3.05) is 20.1 Å². The lowest BCUT2D eigenvalue weighted by Gasteiger charge is -2.43. The van der Waals surface area contributed by atoms with E-state index in [1.54, 1.807) is 6.07 Å². The molecule has 0 aliphatic heterocycles. The highest BCUT2D eigenvalue weighted by molar-refractivity contribution is 9.10. The SMILES string of the molecule is CCN(CC)C(C)(C)C(Cc1cc(F)cc(Br)c1)NC. The Balaban J connectivity index is 2.95. The molecule has 20 heavy (non-hydrogen) atoms. The third kappa shape index (κ3) is 4.27. The first-order chi connectivity index (χ1) is 9.34. The number of likely N-dealkylation sites (N-methyl/N-ethyl adjacent to an activating group) is 2. The predicted molar refractivity (Wildman–Crippen MR) is 87.7 cm³/mol. The molecule has 0 bridgehead atoms. The van der Waals surface area contributed by atoms with Crippen LogP contribution in [0, 0.1) is 5.82 Å². The van der Waals surface area contributed by atoms with Crippen molar-refractivity contribution in [1.29, 1.82) is 0 Å². The molecule has 4 heteroatoms. The van der Waals surface area contributed by atoms with Crippen LogP contribution in [-0.2, 0) is 6.42 Å². The topological polar surface area (TPSA) is 15.3 Å². The normalized spacial score (nSPS) is 13.8. The van der Waals surface area contributed by atoms with Crippen LogP contribution < -0.4 is 5.32 Å². The van der Waals surface area contributed by atoms with Crippen LogP contribution in [0.4, 0.5) is 4.39 Å². The Morgan fingerprint density at radius 1 is 1.25 bits per heavy atom. The van der Waals surface area contributed by atoms with E-state index in [-0.39, 0.29) is 17.4 Å². The molecular formula is C16H26BrFN2. The van der Waals surface area contributed by atoms with Crippen LogP contribution in [0.3, 0.4) is 0 Å². The summed E-state index contributed by atoms with van der Waals surface area (Å²) in [5.74, 6) is -0.190. The van der Waals surface area contributed by atoms with Crippen LogP contribution >= 0.6 is 15.9 Å². The second kappa shape index (κ2) is 7.53. The van der Waals surface area contributed by atoms with Gasteiger partial charge in [0, 0.05) is 16.1 Å². The highest BCUT2D eigenvalue weighted by Crippen LogP contribution is 2.23. The molecule has 1 atom stereocenters. The molecule has 0 spiro atoms. The van der Waals surface area contributed by atoms with Gasteiger partial charge in [-0.05, 0) is 64.2 Å². The molecule has 114 valence electrons. The van der Waals surface area contributed by atoms with Crippen molar-refractivity contribution in [3.63, 3.8) is 0 Å². The zero-order chi connectivity index (χ0) is 15.3. The molecule has 0 amide bonds. The molecule has 1 aromatic rings. The Morgan fingerprint density at radius 3 is 2.30 bits per heavy atom. The first kappa shape index (κ1) is 17.6. The molecule has 0 aliphatic carbocycles. The molecule has 0 radical (unpaired) electrons. The summed E-state index contributed by atoms with van der Waals surface area (Å²) in [6, 6.07) is 5.36. The average Bonchev–Trinajstić information content (AvgIpc) is 2.35. The van der Waals surface area contributed by atoms with Gasteiger partial charge in [-0.25, -0.2) is 4.39 Å². The number of nitrogens with zero attached hydrogens (tertiary/aromatic N) is 1. The van der Waals surface area contributed by atoms with E-state index >= 15 is 0 Å². The lowest BCUT2D eigenvalue weighted by Crippen LogP contribution is -2.57. The Hall–Kier alpha value is -0.450. The average molecular weight is 345 g/mol. The van der Waals surface area contributed by atoms with Crippen molar-refractivity contribution in [3.8, 4) is 0 Å². The van der Waals surface area contributed by atoms with Gasteiger partial charge in [-0.2, -0.15) is 0 Å². The summed E-state index contributed by atoms with van der Waals surface area (Å²) in [6.45, 7) is 10.9. The third-order valence-electron chi connectivity index (χ3n) is 4.14. The molecular weight excluding hydrogens is 319 g/mol. The molecule has 1 aromatic carbocycles. The van der Waals surface area contributed by atoms with E-state index in [1.807, 2.05) is 13.1 Å². The molecule has 2 nitrogen and oxygen atoms in total. The van der Waals surface area contributed by atoms with E-state index in [0.717, 1.165) is 29.5 Å². The summed E-state index contributed by atoms with van der Waals surface area (Å²) < 4.78 is 14.3. The predicted octanol–water partition coefficient (Wildman–Crippen LogP) is 3.84. The minimum atomic E-state index is -0.190. The molecule has 1 N–H and O–H groups in total. The van der Waals surface area contributed by atoms with Gasteiger partial charge in [0.25, 0.3) is 0 Å². The fraction of sp³-hybridized carbons (Fsp3) is 0.625. The summed E-state index contributed by atoms with van der Waals surface area (Å²) in [5, 5.41) is 3.40. The Kier molecular flexibility index (Phi) is 6.62. The fourth-order valence-corrected chi connectivity index (χ4v) is 3.44. The minimum absolute atomic E-state index is 0.0110. The summed E-state index contributed by atoms with van der Waals surface area (Å²) >= 11 is 3.36. The van der Waals surface area contributed by atoms with Gasteiger partial charge in [-0.15, -0.1) is 0 Å². The van der Waals surface area contributed by atoms with E-state index in [0.29, 0.717) is 0 Å². The van der Waals surface area contributed by atoms with Crippen LogP contribution in [0.2, 0.25) is 0 Å². The van der Waals surface area contributed by atoms with E-state index in [1.165, 1.54) is 6.07 Å². The number of benzene rings is 1. The van der Waals surface area contributed by atoms with Crippen LogP contribution in [0.5, 0.6) is 0 Å². The van der Waals surface area contributed by atoms with Crippen molar-refractivity contribution in [1.82, 2.24) is 10.2 Å². The maximum absolute atomic E-state index is 13.5. The molecule has 0 aromatic heterocycles. The van der Waals surface area contributed by atoms with E-state index < -0.39 is 0 Å². The van der Waals surface area contributed by atoms with Gasteiger partial charge in [0.2, 0.25) is 0 Å². The number of halogens is 2. The van der Waals surface area contributed by atoms with E-state index in [9.17, 15) is 4.39 Å². The van der Waals surface area contributed by atoms with E-state index in [2.05, 4.69) is 53.8 Å². The zero-order valence-electron chi connectivity index (χ0n) is 13.1. The van der Waals surface area contributed by atoms with Crippen molar-refractivity contribution < 1.29 is 4.39 Å². The zero-order valence-corrected chi connectivity index (χ0v) is 14.7. The van der Waals surface area contributed by atoms with Crippen LogP contribution in [0.1, 0.15) is 33.3 Å². The molecule has 0 fully saturated rings. The van der Waals surface area contributed by atoms with Gasteiger partial charge in [0.05, 0.1) is 0 Å². The number of hydrogen-bond acceptors (Lipinski definition) is 2. The maximum atomic E-state index is 13.5. The van der Waals surface area contributed by atoms with Crippen molar-refractivity contribution in [2.45, 2.75) is 45.7 Å². The molecule has 0 saturated heterocycles. The van der Waals surface area contributed by atoms with Crippen molar-refractivity contribution in [3.05, 3.63) is 34.1 Å². The molecule has 1 rings (SSSR count). The molecule has 0 saturated carbocycles. The summed E-state index contributed by atoms with van der Waals surface area (Å²) in [4.78, 5) is 2.43. The second-order valence-corrected chi connectivity index (χ2v) is 6.56. The monoisotopic (exact) mass is 344 g/mol. The molecule has 1 unspecified atom stereocenters. The highest BCUT2D eigenvalue weighted by atomic mass is 79.9. The first-order valence-electron chi connectivity index (χ1n) is 7.22. The van der Waals surface area contributed by atoms with Gasteiger partial charge in [0.15, 0.2) is 0 Å². The lowest BCUT2D eigenvalue weighted by molar-refractivity contribution is 0.0943. The first-order valence-corrected chi connectivity index (χ1v) is 8.01. The maximum Gasteiger partial charge on any atom is 0.124 e. The Morgan fingerprint density at radius 2 is 1.85 bits per heavy atom. The van der Waals surface area contributed by atoms with Crippen molar-refractivity contribution in [2.24, 2.45) is 0 Å². The number of rotatable bonds is 7. The minimum Gasteiger partial charge on any atom is -0.315 e. The summed E-state index contributed by atoms with van der Waals surface area (Å²) in [5.41, 5.74) is 1.02. The number of hydrogen-bond donors (Lipinski definition) is 1. The third-order valence-corrected chi connectivity index (χ3v) is 4.60. The largest absolute Gasteiger partial charge is 0.315 e.